The number of ketones is 1. The van der Waals surface area contributed by atoms with E-state index in [-0.39, 0.29) is 11.5 Å². The molecule has 1 heterocycles. The van der Waals surface area contributed by atoms with E-state index in [0.29, 0.717) is 5.78 Å². The SMILES string of the molecule is NCCCCCCC(=O)C1CCOC2(CCCC2)C1. The molecule has 0 aromatic rings. The fourth-order valence-electron chi connectivity index (χ4n) is 3.67. The predicted octanol–water partition coefficient (Wildman–Crippen LogP) is 3.20. The van der Waals surface area contributed by atoms with Gasteiger partial charge < -0.3 is 10.5 Å². The molecule has 1 unspecified atom stereocenters. The number of rotatable bonds is 7. The van der Waals surface area contributed by atoms with Crippen LogP contribution in [-0.4, -0.2) is 24.5 Å². The number of ether oxygens (including phenoxy) is 1. The number of hydrogen-bond acceptors (Lipinski definition) is 3. The smallest absolute Gasteiger partial charge is 0.136 e. The zero-order valence-corrected chi connectivity index (χ0v) is 12.2. The summed E-state index contributed by atoms with van der Waals surface area (Å²) >= 11 is 0. The van der Waals surface area contributed by atoms with Gasteiger partial charge in [0.2, 0.25) is 0 Å². The minimum absolute atomic E-state index is 0.0815. The second kappa shape index (κ2) is 7.39. The first kappa shape index (κ1) is 15.0. The maximum Gasteiger partial charge on any atom is 0.136 e. The number of carbonyl (C=O) groups excluding carboxylic acids is 1. The van der Waals surface area contributed by atoms with E-state index >= 15 is 0 Å². The summed E-state index contributed by atoms with van der Waals surface area (Å²) in [5.41, 5.74) is 5.55. The summed E-state index contributed by atoms with van der Waals surface area (Å²) in [4.78, 5) is 12.3. The van der Waals surface area contributed by atoms with E-state index in [4.69, 9.17) is 10.5 Å². The molecule has 1 aliphatic heterocycles. The summed E-state index contributed by atoms with van der Waals surface area (Å²) in [6.45, 7) is 1.57. The molecule has 1 atom stereocenters. The third kappa shape index (κ3) is 4.28. The largest absolute Gasteiger partial charge is 0.375 e. The molecule has 3 nitrogen and oxygen atoms in total. The topological polar surface area (TPSA) is 52.3 Å². The monoisotopic (exact) mass is 267 g/mol. The Morgan fingerprint density at radius 3 is 2.63 bits per heavy atom. The second-order valence-electron chi connectivity index (χ2n) is 6.35. The molecule has 1 saturated carbocycles. The first-order valence-corrected chi connectivity index (χ1v) is 8.12. The summed E-state index contributed by atoms with van der Waals surface area (Å²) in [5, 5.41) is 0. The van der Waals surface area contributed by atoms with Crippen LogP contribution in [0.3, 0.4) is 0 Å². The summed E-state index contributed by atoms with van der Waals surface area (Å²) in [5.74, 6) is 0.767. The van der Waals surface area contributed by atoms with Crippen molar-refractivity contribution in [1.29, 1.82) is 0 Å². The van der Waals surface area contributed by atoms with Crippen molar-refractivity contribution in [3.63, 3.8) is 0 Å². The van der Waals surface area contributed by atoms with E-state index in [1.165, 1.54) is 32.1 Å². The number of nitrogens with two attached hydrogens (primary N) is 1. The van der Waals surface area contributed by atoms with Crippen molar-refractivity contribution in [2.75, 3.05) is 13.2 Å². The lowest BCUT2D eigenvalue weighted by Gasteiger charge is -2.37. The Morgan fingerprint density at radius 2 is 1.89 bits per heavy atom. The molecule has 1 saturated heterocycles. The van der Waals surface area contributed by atoms with Gasteiger partial charge in [0.15, 0.2) is 0 Å². The van der Waals surface area contributed by atoms with Crippen LogP contribution >= 0.6 is 0 Å². The lowest BCUT2D eigenvalue weighted by Crippen LogP contribution is -2.39. The van der Waals surface area contributed by atoms with Gasteiger partial charge in [0.05, 0.1) is 5.60 Å². The van der Waals surface area contributed by atoms with Crippen molar-refractivity contribution in [2.45, 2.75) is 76.2 Å². The first-order valence-electron chi connectivity index (χ1n) is 8.12. The van der Waals surface area contributed by atoms with Crippen LogP contribution in [0.2, 0.25) is 0 Å². The zero-order valence-electron chi connectivity index (χ0n) is 12.2. The minimum Gasteiger partial charge on any atom is -0.375 e. The molecule has 2 fully saturated rings. The second-order valence-corrected chi connectivity index (χ2v) is 6.35. The van der Waals surface area contributed by atoms with Crippen LogP contribution in [0.25, 0.3) is 0 Å². The Hall–Kier alpha value is -0.410. The Bertz CT molecular complexity index is 284. The summed E-state index contributed by atoms with van der Waals surface area (Å²) in [7, 11) is 0. The molecule has 1 spiro atoms. The molecular formula is C16H29NO2. The van der Waals surface area contributed by atoms with Crippen LogP contribution in [0.1, 0.15) is 70.6 Å². The lowest BCUT2D eigenvalue weighted by molar-refractivity contribution is -0.136. The molecule has 2 rings (SSSR count). The quantitative estimate of drug-likeness (QED) is 0.721. The van der Waals surface area contributed by atoms with Crippen LogP contribution < -0.4 is 5.73 Å². The predicted molar refractivity (Wildman–Crippen MR) is 77.0 cm³/mol. The van der Waals surface area contributed by atoms with E-state index < -0.39 is 0 Å². The maximum atomic E-state index is 12.3. The first-order chi connectivity index (χ1) is 9.26. The van der Waals surface area contributed by atoms with Gasteiger partial charge in [-0.15, -0.1) is 0 Å². The molecule has 0 bridgehead atoms. The van der Waals surface area contributed by atoms with Gasteiger partial charge in [-0.2, -0.15) is 0 Å². The molecule has 0 aromatic heterocycles. The average Bonchev–Trinajstić information content (AvgIpc) is 2.86. The number of carbonyl (C=O) groups is 1. The third-order valence-electron chi connectivity index (χ3n) is 4.84. The molecule has 1 aliphatic carbocycles. The van der Waals surface area contributed by atoms with E-state index in [1.807, 2.05) is 0 Å². The standard InChI is InChI=1S/C16H29NO2/c17-11-6-2-1-3-7-15(18)14-8-12-19-16(13-14)9-4-5-10-16/h14H,1-13,17H2. The van der Waals surface area contributed by atoms with Crippen molar-refractivity contribution in [3.05, 3.63) is 0 Å². The molecule has 3 heteroatoms. The van der Waals surface area contributed by atoms with Crippen molar-refractivity contribution >= 4 is 5.78 Å². The highest BCUT2D eigenvalue weighted by molar-refractivity contribution is 5.81. The molecule has 110 valence electrons. The Labute approximate surface area is 117 Å². The molecule has 0 aromatic carbocycles. The number of unbranched alkanes of at least 4 members (excludes halogenated alkanes) is 3. The maximum absolute atomic E-state index is 12.3. The summed E-state index contributed by atoms with van der Waals surface area (Å²) in [6.07, 6.45) is 12.1. The highest BCUT2D eigenvalue weighted by Crippen LogP contribution is 2.42. The lowest BCUT2D eigenvalue weighted by atomic mass is 9.81. The summed E-state index contributed by atoms with van der Waals surface area (Å²) < 4.78 is 6.00. The van der Waals surface area contributed by atoms with Gasteiger partial charge in [-0.05, 0) is 45.1 Å². The van der Waals surface area contributed by atoms with Crippen LogP contribution in [0, 0.1) is 5.92 Å². The molecule has 2 aliphatic rings. The van der Waals surface area contributed by atoms with E-state index in [1.54, 1.807) is 0 Å². The molecule has 2 N–H and O–H groups in total. The van der Waals surface area contributed by atoms with Crippen molar-refractivity contribution in [2.24, 2.45) is 11.7 Å². The van der Waals surface area contributed by atoms with Crippen LogP contribution in [-0.2, 0) is 9.53 Å². The fourth-order valence-corrected chi connectivity index (χ4v) is 3.67. The Morgan fingerprint density at radius 1 is 1.16 bits per heavy atom. The van der Waals surface area contributed by atoms with Gasteiger partial charge in [0.25, 0.3) is 0 Å². The minimum atomic E-state index is 0.0815. The van der Waals surface area contributed by atoms with Gasteiger partial charge in [-0.3, -0.25) is 4.79 Å². The fraction of sp³-hybridized carbons (Fsp3) is 0.938. The van der Waals surface area contributed by atoms with Crippen molar-refractivity contribution in [1.82, 2.24) is 0 Å². The van der Waals surface area contributed by atoms with Gasteiger partial charge in [0.1, 0.15) is 5.78 Å². The van der Waals surface area contributed by atoms with Crippen molar-refractivity contribution < 1.29 is 9.53 Å². The Kier molecular flexibility index (Phi) is 5.83. The highest BCUT2D eigenvalue weighted by Gasteiger charge is 2.41. The molecule has 19 heavy (non-hydrogen) atoms. The normalized spacial score (nSPS) is 25.8. The zero-order chi connectivity index (χ0) is 13.6. The van der Waals surface area contributed by atoms with Gasteiger partial charge in [-0.1, -0.05) is 25.7 Å². The number of Topliss-reactive ketones (excluding diaryl/α,β-unsaturated/α-hetero) is 1. The number of hydrogen-bond donors (Lipinski definition) is 1. The van der Waals surface area contributed by atoms with E-state index in [2.05, 4.69) is 0 Å². The van der Waals surface area contributed by atoms with Gasteiger partial charge in [0, 0.05) is 18.9 Å². The van der Waals surface area contributed by atoms with E-state index in [0.717, 1.165) is 51.7 Å². The molecular weight excluding hydrogens is 238 g/mol. The van der Waals surface area contributed by atoms with Crippen molar-refractivity contribution in [3.8, 4) is 0 Å². The molecule has 0 amide bonds. The van der Waals surface area contributed by atoms with Crippen LogP contribution in [0.5, 0.6) is 0 Å². The Balaban J connectivity index is 1.70. The highest BCUT2D eigenvalue weighted by atomic mass is 16.5. The van der Waals surface area contributed by atoms with Gasteiger partial charge >= 0.3 is 0 Å². The summed E-state index contributed by atoms with van der Waals surface area (Å²) in [6, 6.07) is 0. The van der Waals surface area contributed by atoms with Crippen LogP contribution in [0.15, 0.2) is 0 Å². The van der Waals surface area contributed by atoms with E-state index in [9.17, 15) is 4.79 Å². The van der Waals surface area contributed by atoms with Gasteiger partial charge in [-0.25, -0.2) is 0 Å². The molecule has 0 radical (unpaired) electrons. The third-order valence-corrected chi connectivity index (χ3v) is 4.84. The van der Waals surface area contributed by atoms with Crippen LogP contribution in [0.4, 0.5) is 0 Å². The average molecular weight is 267 g/mol.